The first-order valence-corrected chi connectivity index (χ1v) is 8.72. The summed E-state index contributed by atoms with van der Waals surface area (Å²) in [5, 5.41) is 20.3. The topological polar surface area (TPSA) is 40.5 Å². The van der Waals surface area contributed by atoms with E-state index < -0.39 is 0 Å². The molecule has 0 spiro atoms. The second kappa shape index (κ2) is 4.38. The first-order chi connectivity index (χ1) is 9.94. The third-order valence-electron chi connectivity index (χ3n) is 7.63. The predicted molar refractivity (Wildman–Crippen MR) is 83.7 cm³/mol. The van der Waals surface area contributed by atoms with Crippen LogP contribution in [0, 0.1) is 34.5 Å². The lowest BCUT2D eigenvalue weighted by Crippen LogP contribution is -2.50. The van der Waals surface area contributed by atoms with Gasteiger partial charge in [0.15, 0.2) is 0 Å². The first-order valence-electron chi connectivity index (χ1n) is 8.72. The fourth-order valence-corrected chi connectivity index (χ4v) is 6.40. The van der Waals surface area contributed by atoms with Crippen LogP contribution in [0.3, 0.4) is 0 Å². The second-order valence-electron chi connectivity index (χ2n) is 8.57. The zero-order valence-corrected chi connectivity index (χ0v) is 13.3. The average molecular weight is 288 g/mol. The highest BCUT2D eigenvalue weighted by Gasteiger charge is 2.57. The van der Waals surface area contributed by atoms with Gasteiger partial charge in [0.05, 0.1) is 6.10 Å². The van der Waals surface area contributed by atoms with Crippen molar-refractivity contribution in [3.8, 4) is 0 Å². The Labute approximate surface area is 127 Å². The summed E-state index contributed by atoms with van der Waals surface area (Å²) in [7, 11) is 0. The van der Waals surface area contributed by atoms with Gasteiger partial charge in [-0.05, 0) is 85.2 Å². The zero-order chi connectivity index (χ0) is 14.8. The number of aliphatic hydroxyl groups is 2. The van der Waals surface area contributed by atoms with E-state index in [1.165, 1.54) is 32.1 Å². The molecule has 7 atom stereocenters. The van der Waals surface area contributed by atoms with Crippen LogP contribution in [-0.4, -0.2) is 16.3 Å². The van der Waals surface area contributed by atoms with Gasteiger partial charge in [0.25, 0.3) is 0 Å². The van der Waals surface area contributed by atoms with Crippen LogP contribution in [0.5, 0.6) is 0 Å². The normalized spacial score (nSPS) is 55.4. The Morgan fingerprint density at radius 1 is 1.05 bits per heavy atom. The van der Waals surface area contributed by atoms with Gasteiger partial charge in [-0.15, -0.1) is 0 Å². The summed E-state index contributed by atoms with van der Waals surface area (Å²) in [5.74, 6) is 3.26. The second-order valence-corrected chi connectivity index (χ2v) is 8.57. The Morgan fingerprint density at radius 2 is 1.81 bits per heavy atom. The van der Waals surface area contributed by atoms with E-state index in [1.54, 1.807) is 0 Å². The van der Waals surface area contributed by atoms with Gasteiger partial charge in [-0.1, -0.05) is 19.9 Å². The van der Waals surface area contributed by atoms with E-state index in [4.69, 9.17) is 0 Å². The van der Waals surface area contributed by atoms with Gasteiger partial charge in [-0.25, -0.2) is 0 Å². The van der Waals surface area contributed by atoms with Gasteiger partial charge in [0.1, 0.15) is 5.76 Å². The summed E-state index contributed by atoms with van der Waals surface area (Å²) < 4.78 is 0. The molecule has 3 fully saturated rings. The van der Waals surface area contributed by atoms with Crippen LogP contribution in [-0.2, 0) is 0 Å². The van der Waals surface area contributed by atoms with Crippen LogP contribution in [0.4, 0.5) is 0 Å². The van der Waals surface area contributed by atoms with Crippen LogP contribution < -0.4 is 0 Å². The number of aliphatic hydroxyl groups excluding tert-OH is 2. The largest absolute Gasteiger partial charge is 0.508 e. The van der Waals surface area contributed by atoms with Gasteiger partial charge in [0, 0.05) is 0 Å². The van der Waals surface area contributed by atoms with Crippen molar-refractivity contribution in [3.05, 3.63) is 24.0 Å². The molecule has 4 rings (SSSR count). The van der Waals surface area contributed by atoms with Crippen molar-refractivity contribution < 1.29 is 10.2 Å². The molecule has 3 saturated carbocycles. The number of hydrogen-bond acceptors (Lipinski definition) is 2. The summed E-state index contributed by atoms with van der Waals surface area (Å²) in [6, 6.07) is 0. The fourth-order valence-electron chi connectivity index (χ4n) is 6.40. The Morgan fingerprint density at radius 3 is 2.62 bits per heavy atom. The lowest BCUT2D eigenvalue weighted by Gasteiger charge is -2.56. The van der Waals surface area contributed by atoms with Crippen molar-refractivity contribution in [2.24, 2.45) is 34.5 Å². The highest BCUT2D eigenvalue weighted by Crippen LogP contribution is 2.63. The molecule has 0 aromatic heterocycles. The summed E-state index contributed by atoms with van der Waals surface area (Å²) in [5.41, 5.74) is 0.316. The molecule has 0 radical (unpaired) electrons. The van der Waals surface area contributed by atoms with Crippen molar-refractivity contribution >= 4 is 0 Å². The number of allylic oxidation sites excluding steroid dienone is 3. The van der Waals surface area contributed by atoms with Crippen molar-refractivity contribution in [1.29, 1.82) is 0 Å². The molecule has 4 aliphatic carbocycles. The molecular weight excluding hydrogens is 260 g/mol. The van der Waals surface area contributed by atoms with E-state index in [2.05, 4.69) is 26.0 Å². The van der Waals surface area contributed by atoms with Gasteiger partial charge in [-0.2, -0.15) is 0 Å². The minimum atomic E-state index is -0.0809. The standard InChI is InChI=1S/C19H28O2/c1-18-9-7-14-13(15(18)4-3-12(20)11-18)8-10-19(2)16(14)5-6-17(19)21/h3-4,11,13-17,20-21H,5-10H2,1-2H3/t13?,14?,15?,16?,17-,18?,19?/m0/s1. The molecule has 21 heavy (non-hydrogen) atoms. The highest BCUT2D eigenvalue weighted by molar-refractivity contribution is 5.26. The van der Waals surface area contributed by atoms with Crippen LogP contribution >= 0.6 is 0 Å². The van der Waals surface area contributed by atoms with Gasteiger partial charge in [-0.3, -0.25) is 0 Å². The number of fused-ring (bicyclic) bond motifs is 5. The lowest BCUT2D eigenvalue weighted by atomic mass is 9.48. The molecule has 4 aliphatic rings. The quantitative estimate of drug-likeness (QED) is 0.700. The molecular formula is C19H28O2. The molecule has 0 amide bonds. The summed E-state index contributed by atoms with van der Waals surface area (Å²) >= 11 is 0. The lowest BCUT2D eigenvalue weighted by molar-refractivity contribution is -0.0751. The van der Waals surface area contributed by atoms with Crippen molar-refractivity contribution in [2.45, 2.75) is 58.5 Å². The third-order valence-corrected chi connectivity index (χ3v) is 7.63. The Bertz CT molecular complexity index is 508. The maximum absolute atomic E-state index is 10.4. The van der Waals surface area contributed by atoms with Crippen molar-refractivity contribution in [2.75, 3.05) is 0 Å². The van der Waals surface area contributed by atoms with E-state index in [0.29, 0.717) is 17.6 Å². The van der Waals surface area contributed by atoms with E-state index >= 15 is 0 Å². The maximum Gasteiger partial charge on any atom is 0.111 e. The van der Waals surface area contributed by atoms with Crippen LogP contribution in [0.15, 0.2) is 24.0 Å². The molecule has 0 saturated heterocycles. The molecule has 0 bridgehead atoms. The fraction of sp³-hybridized carbons (Fsp3) is 0.789. The van der Waals surface area contributed by atoms with E-state index in [1.807, 2.05) is 6.08 Å². The molecule has 2 nitrogen and oxygen atoms in total. The Hall–Kier alpha value is -0.760. The van der Waals surface area contributed by atoms with Crippen LogP contribution in [0.1, 0.15) is 52.4 Å². The van der Waals surface area contributed by atoms with Crippen molar-refractivity contribution in [1.82, 2.24) is 0 Å². The van der Waals surface area contributed by atoms with Crippen molar-refractivity contribution in [3.63, 3.8) is 0 Å². The molecule has 0 aliphatic heterocycles. The van der Waals surface area contributed by atoms with Gasteiger partial charge in [0.2, 0.25) is 0 Å². The van der Waals surface area contributed by atoms with E-state index in [-0.39, 0.29) is 16.9 Å². The molecule has 6 unspecified atom stereocenters. The van der Waals surface area contributed by atoms with Gasteiger partial charge >= 0.3 is 0 Å². The smallest absolute Gasteiger partial charge is 0.111 e. The van der Waals surface area contributed by atoms with Crippen LogP contribution in [0.2, 0.25) is 0 Å². The van der Waals surface area contributed by atoms with E-state index in [0.717, 1.165) is 18.3 Å². The van der Waals surface area contributed by atoms with E-state index in [9.17, 15) is 10.2 Å². The summed E-state index contributed by atoms with van der Waals surface area (Å²) in [4.78, 5) is 0. The van der Waals surface area contributed by atoms with Gasteiger partial charge < -0.3 is 10.2 Å². The molecule has 2 heteroatoms. The monoisotopic (exact) mass is 288 g/mol. The third kappa shape index (κ3) is 1.81. The zero-order valence-electron chi connectivity index (χ0n) is 13.3. The molecule has 116 valence electrons. The van der Waals surface area contributed by atoms with Crippen LogP contribution in [0.25, 0.3) is 0 Å². The Kier molecular flexibility index (Phi) is 2.89. The summed E-state index contributed by atoms with van der Waals surface area (Å²) in [6.07, 6.45) is 13.3. The average Bonchev–Trinajstić information content (AvgIpc) is 2.73. The minimum absolute atomic E-state index is 0.0809. The SMILES string of the molecule is CC12C=C(O)C=CC1C1CCC3(C)C(CC[C@@H]3O)C1CC2. The number of rotatable bonds is 0. The highest BCUT2D eigenvalue weighted by atomic mass is 16.3. The molecule has 2 N–H and O–H groups in total. The molecule has 0 aromatic rings. The predicted octanol–water partition coefficient (Wildman–Crippen LogP) is 4.22. The summed E-state index contributed by atoms with van der Waals surface area (Å²) in [6.45, 7) is 4.66. The first kappa shape index (κ1) is 13.9. The maximum atomic E-state index is 10.4. The molecule has 0 heterocycles. The number of hydrogen-bond donors (Lipinski definition) is 2. The molecule has 0 aromatic carbocycles. The Balaban J connectivity index is 1.66. The minimum Gasteiger partial charge on any atom is -0.508 e.